The fourth-order valence-electron chi connectivity index (χ4n) is 2.72. The quantitative estimate of drug-likeness (QED) is 0.386. The number of hydrogen-bond acceptors (Lipinski definition) is 0. The molecule has 0 amide bonds. The summed E-state index contributed by atoms with van der Waals surface area (Å²) in [6.45, 7) is 9.50. The SMILES string of the molecule is CCCCC[PH](CC)(CCC)CCC. The van der Waals surface area contributed by atoms with E-state index in [0.29, 0.717) is 0 Å². The van der Waals surface area contributed by atoms with Crippen LogP contribution in [0.4, 0.5) is 0 Å². The van der Waals surface area contributed by atoms with Crippen molar-refractivity contribution < 1.29 is 0 Å². The summed E-state index contributed by atoms with van der Waals surface area (Å²) in [6, 6.07) is 0. The molecule has 0 unspecified atom stereocenters. The molecule has 0 aliphatic heterocycles. The maximum atomic E-state index is 2.45. The molecule has 0 aliphatic carbocycles. The summed E-state index contributed by atoms with van der Waals surface area (Å²) in [6.07, 6.45) is 13.5. The molecular formula is C13H31P. The molecule has 0 aromatic carbocycles. The van der Waals surface area contributed by atoms with Crippen LogP contribution in [0.5, 0.6) is 0 Å². The van der Waals surface area contributed by atoms with E-state index in [-0.39, 0.29) is 0 Å². The summed E-state index contributed by atoms with van der Waals surface area (Å²) in [5, 5.41) is 0. The van der Waals surface area contributed by atoms with Crippen molar-refractivity contribution in [3.63, 3.8) is 0 Å². The van der Waals surface area contributed by atoms with E-state index < -0.39 is 7.26 Å². The molecule has 0 fully saturated rings. The van der Waals surface area contributed by atoms with Gasteiger partial charge in [-0.2, -0.15) is 0 Å². The van der Waals surface area contributed by atoms with Crippen molar-refractivity contribution in [1.29, 1.82) is 0 Å². The van der Waals surface area contributed by atoms with Crippen molar-refractivity contribution in [3.05, 3.63) is 0 Å². The van der Waals surface area contributed by atoms with E-state index >= 15 is 0 Å². The molecule has 0 aromatic heterocycles. The summed E-state index contributed by atoms with van der Waals surface area (Å²) in [4.78, 5) is 0. The van der Waals surface area contributed by atoms with Gasteiger partial charge in [0.25, 0.3) is 0 Å². The molecule has 88 valence electrons. The van der Waals surface area contributed by atoms with Gasteiger partial charge in [0.1, 0.15) is 0 Å². The van der Waals surface area contributed by atoms with Crippen molar-refractivity contribution in [2.75, 3.05) is 24.6 Å². The molecule has 0 bridgehead atoms. The van der Waals surface area contributed by atoms with Crippen molar-refractivity contribution in [3.8, 4) is 0 Å². The Morgan fingerprint density at radius 3 is 1.57 bits per heavy atom. The first-order chi connectivity index (χ1) is 6.74. The van der Waals surface area contributed by atoms with Crippen LogP contribution in [-0.4, -0.2) is 24.6 Å². The average molecular weight is 218 g/mol. The zero-order valence-electron chi connectivity index (χ0n) is 10.9. The first kappa shape index (κ1) is 14.4. The molecule has 0 radical (unpaired) electrons. The third-order valence-corrected chi connectivity index (χ3v) is 9.66. The third-order valence-electron chi connectivity index (χ3n) is 3.62. The number of hydrogen-bond donors (Lipinski definition) is 0. The van der Waals surface area contributed by atoms with Crippen LogP contribution in [-0.2, 0) is 0 Å². The fourth-order valence-corrected chi connectivity index (χ4v) is 7.65. The van der Waals surface area contributed by atoms with Gasteiger partial charge in [-0.1, -0.05) is 0 Å². The van der Waals surface area contributed by atoms with E-state index in [4.69, 9.17) is 0 Å². The Balaban J connectivity index is 4.03. The molecule has 0 nitrogen and oxygen atoms in total. The van der Waals surface area contributed by atoms with Crippen molar-refractivity contribution in [1.82, 2.24) is 0 Å². The van der Waals surface area contributed by atoms with E-state index in [1.807, 2.05) is 0 Å². The van der Waals surface area contributed by atoms with Gasteiger partial charge in [-0.05, 0) is 0 Å². The molecular weight excluding hydrogens is 187 g/mol. The topological polar surface area (TPSA) is 0 Å². The molecule has 14 heavy (non-hydrogen) atoms. The van der Waals surface area contributed by atoms with Crippen LogP contribution in [0.25, 0.3) is 0 Å². The molecule has 0 aromatic rings. The zero-order chi connectivity index (χ0) is 10.9. The van der Waals surface area contributed by atoms with Crippen LogP contribution in [0, 0.1) is 0 Å². The monoisotopic (exact) mass is 218 g/mol. The normalized spacial score (nSPS) is 13.1. The van der Waals surface area contributed by atoms with E-state index in [2.05, 4.69) is 27.7 Å². The Bertz CT molecular complexity index is 114. The van der Waals surface area contributed by atoms with Crippen LogP contribution in [0.3, 0.4) is 0 Å². The minimum absolute atomic E-state index is 0.807. The average Bonchev–Trinajstić information content (AvgIpc) is 2.19. The molecule has 0 rings (SSSR count). The maximum absolute atomic E-state index is 2.45. The Kier molecular flexibility index (Phi) is 8.98. The number of rotatable bonds is 9. The van der Waals surface area contributed by atoms with Gasteiger partial charge in [-0.3, -0.25) is 0 Å². The fraction of sp³-hybridized carbons (Fsp3) is 1.00. The second kappa shape index (κ2) is 8.72. The molecule has 1 heteroatoms. The van der Waals surface area contributed by atoms with Crippen LogP contribution in [0.15, 0.2) is 0 Å². The Morgan fingerprint density at radius 2 is 1.21 bits per heavy atom. The predicted molar refractivity (Wildman–Crippen MR) is 73.6 cm³/mol. The van der Waals surface area contributed by atoms with Crippen LogP contribution in [0.1, 0.15) is 59.8 Å². The first-order valence-corrected chi connectivity index (χ1v) is 9.57. The van der Waals surface area contributed by atoms with E-state index in [1.54, 1.807) is 18.5 Å². The standard InChI is InChI=1S/C13H31P/c1-5-9-10-13-14(8-4,11-6-2)12-7-3/h14H,5-13H2,1-4H3. The van der Waals surface area contributed by atoms with Gasteiger partial charge in [0, 0.05) is 0 Å². The molecule has 0 N–H and O–H groups in total. The van der Waals surface area contributed by atoms with Crippen LogP contribution in [0.2, 0.25) is 0 Å². The minimum atomic E-state index is -0.807. The molecule has 0 saturated carbocycles. The molecule has 0 saturated heterocycles. The van der Waals surface area contributed by atoms with Gasteiger partial charge in [-0.15, -0.1) is 0 Å². The molecule has 0 spiro atoms. The third kappa shape index (κ3) is 5.35. The molecule has 0 heterocycles. The Hall–Kier alpha value is 0.430. The van der Waals surface area contributed by atoms with Gasteiger partial charge < -0.3 is 0 Å². The number of unbranched alkanes of at least 4 members (excludes halogenated alkanes) is 2. The van der Waals surface area contributed by atoms with Gasteiger partial charge in [0.05, 0.1) is 0 Å². The van der Waals surface area contributed by atoms with Crippen LogP contribution < -0.4 is 0 Å². The zero-order valence-corrected chi connectivity index (χ0v) is 11.9. The van der Waals surface area contributed by atoms with Gasteiger partial charge in [-0.25, -0.2) is 0 Å². The second-order valence-electron chi connectivity index (χ2n) is 4.81. The first-order valence-electron chi connectivity index (χ1n) is 6.74. The van der Waals surface area contributed by atoms with Gasteiger partial charge >= 0.3 is 91.7 Å². The van der Waals surface area contributed by atoms with Gasteiger partial charge in [0.2, 0.25) is 0 Å². The van der Waals surface area contributed by atoms with E-state index in [9.17, 15) is 0 Å². The Labute approximate surface area is 92.2 Å². The summed E-state index contributed by atoms with van der Waals surface area (Å²) >= 11 is 0. The predicted octanol–water partition coefficient (Wildman–Crippen LogP) is 4.77. The molecule has 0 aliphatic rings. The van der Waals surface area contributed by atoms with Crippen molar-refractivity contribution in [2.24, 2.45) is 0 Å². The summed E-state index contributed by atoms with van der Waals surface area (Å²) < 4.78 is 0. The van der Waals surface area contributed by atoms with Crippen molar-refractivity contribution >= 4 is 7.26 Å². The van der Waals surface area contributed by atoms with Gasteiger partial charge in [0.15, 0.2) is 0 Å². The van der Waals surface area contributed by atoms with E-state index in [1.165, 1.54) is 38.3 Å². The van der Waals surface area contributed by atoms with Crippen molar-refractivity contribution in [2.45, 2.75) is 59.8 Å². The summed E-state index contributed by atoms with van der Waals surface area (Å²) in [5.41, 5.74) is 0. The second-order valence-corrected chi connectivity index (χ2v) is 10.0. The Morgan fingerprint density at radius 1 is 0.643 bits per heavy atom. The molecule has 0 atom stereocenters. The summed E-state index contributed by atoms with van der Waals surface area (Å²) in [7, 11) is -0.807. The summed E-state index contributed by atoms with van der Waals surface area (Å²) in [5.74, 6) is 0. The van der Waals surface area contributed by atoms with E-state index in [0.717, 1.165) is 0 Å². The van der Waals surface area contributed by atoms with Crippen LogP contribution >= 0.6 is 7.26 Å².